The van der Waals surface area contributed by atoms with Gasteiger partial charge in [-0.05, 0) is 25.2 Å². The molecule has 1 rings (SSSR count). The lowest BCUT2D eigenvalue weighted by atomic mass is 10.0. The highest BCUT2D eigenvalue weighted by atomic mass is 33.1. The Labute approximate surface area is 227 Å². The van der Waals surface area contributed by atoms with Crippen molar-refractivity contribution in [2.45, 2.75) is 78.6 Å². The summed E-state index contributed by atoms with van der Waals surface area (Å²) in [6.07, 6.45) is 2.48. The predicted octanol–water partition coefficient (Wildman–Crippen LogP) is 2.07. The number of rotatable bonds is 8. The van der Waals surface area contributed by atoms with Gasteiger partial charge >= 0.3 is 5.97 Å². The Bertz CT molecular complexity index is 877. The summed E-state index contributed by atoms with van der Waals surface area (Å²) in [5.74, 6) is -2.56. The van der Waals surface area contributed by atoms with Crippen LogP contribution in [0.5, 0.6) is 0 Å². The average molecular weight is 557 g/mol. The molecule has 4 amide bonds. The fourth-order valence-corrected chi connectivity index (χ4v) is 5.55. The smallest absolute Gasteiger partial charge is 0.329 e. The van der Waals surface area contributed by atoms with Gasteiger partial charge in [0.1, 0.15) is 29.9 Å². The first-order valence-electron chi connectivity index (χ1n) is 12.4. The second kappa shape index (κ2) is 16.4. The van der Waals surface area contributed by atoms with Crippen molar-refractivity contribution in [3.63, 3.8) is 0 Å². The highest BCUT2D eigenvalue weighted by Crippen LogP contribution is 2.23. The van der Waals surface area contributed by atoms with E-state index in [1.165, 1.54) is 22.9 Å². The Kier molecular flexibility index (Phi) is 14.4. The van der Waals surface area contributed by atoms with Crippen LogP contribution in [0.1, 0.15) is 54.4 Å². The topological polar surface area (TPSA) is 143 Å². The summed E-state index contributed by atoms with van der Waals surface area (Å²) in [7, 11) is 3.00. The predicted molar refractivity (Wildman–Crippen MR) is 147 cm³/mol. The van der Waals surface area contributed by atoms with Crippen LogP contribution in [0.15, 0.2) is 24.4 Å². The summed E-state index contributed by atoms with van der Waals surface area (Å²) in [6.45, 7) is 14.3. The molecule has 1 fully saturated rings. The molecule has 37 heavy (non-hydrogen) atoms. The number of cyclic esters (lactones) is 1. The Morgan fingerprint density at radius 1 is 0.973 bits per heavy atom. The number of allylic oxidation sites excluding steroid dienone is 1. The summed E-state index contributed by atoms with van der Waals surface area (Å²) >= 11 is 0. The van der Waals surface area contributed by atoms with Gasteiger partial charge in [0.15, 0.2) is 0 Å². The molecule has 10 nitrogen and oxygen atoms in total. The van der Waals surface area contributed by atoms with Crippen LogP contribution >= 0.6 is 21.6 Å². The second-order valence-electron chi connectivity index (χ2n) is 9.26. The Balaban J connectivity index is 3.38. The third kappa shape index (κ3) is 10.8. The van der Waals surface area contributed by atoms with Gasteiger partial charge in [-0.3, -0.25) is 19.2 Å². The Hall–Kier alpha value is -2.47. The number of amides is 4. The van der Waals surface area contributed by atoms with E-state index in [1.807, 2.05) is 6.92 Å². The molecule has 1 heterocycles. The van der Waals surface area contributed by atoms with E-state index in [0.717, 1.165) is 12.2 Å². The van der Waals surface area contributed by atoms with E-state index in [-0.39, 0.29) is 29.7 Å². The number of carbonyl (C=O) groups excluding carboxylic acids is 5. The molecule has 0 bridgehead atoms. The largest absolute Gasteiger partial charge is 0.456 e. The molecule has 1 saturated heterocycles. The molecule has 4 N–H and O–H groups in total. The third-order valence-electron chi connectivity index (χ3n) is 5.42. The first-order valence-corrected chi connectivity index (χ1v) is 14.9. The minimum atomic E-state index is -1.03. The molecule has 0 saturated carbocycles. The average Bonchev–Trinajstić information content (AvgIpc) is 2.84. The molecule has 0 aromatic heterocycles. The lowest BCUT2D eigenvalue weighted by Gasteiger charge is -2.27. The van der Waals surface area contributed by atoms with Crippen LogP contribution in [0.4, 0.5) is 0 Å². The number of ether oxygens (including phenoxy) is 1. The quantitative estimate of drug-likeness (QED) is 0.117. The number of hydrogen-bond acceptors (Lipinski definition) is 8. The van der Waals surface area contributed by atoms with E-state index in [1.54, 1.807) is 45.4 Å². The normalized spacial score (nSPS) is 25.8. The standard InChI is InChI=1S/C25H40N4O6S2/c1-8-11-36-37-13-18-23(32)26-17(10-3)22(31)29-21(15(6)7)25(34)35-16(9-2)12-19(30)28-20(14(4)5)24(33)27-18/h9-10,14-16,18,20-21H,2,8,11-13H2,1,3-7H3,(H,26,32)(H,27,33)(H,28,30)(H,29,31)/b17-10-/t16-,18-,20-,21+/m1/s1. The van der Waals surface area contributed by atoms with Crippen LogP contribution in [-0.2, 0) is 28.7 Å². The Morgan fingerprint density at radius 2 is 1.62 bits per heavy atom. The van der Waals surface area contributed by atoms with Crippen molar-refractivity contribution < 1.29 is 28.7 Å². The zero-order valence-corrected chi connectivity index (χ0v) is 24.1. The van der Waals surface area contributed by atoms with Crippen molar-refractivity contribution in [1.29, 1.82) is 0 Å². The van der Waals surface area contributed by atoms with Gasteiger partial charge in [0.2, 0.25) is 17.7 Å². The summed E-state index contributed by atoms with van der Waals surface area (Å²) in [5.41, 5.74) is -0.0602. The number of nitrogens with one attached hydrogen (secondary N) is 4. The maximum atomic E-state index is 13.2. The SMILES string of the molecule is C=C[C@@H]1CC(=O)N[C@H](C(C)C)C(=O)N[C@H](CSSCCC)C(=O)N/C(=C\C)C(=O)N[C@@H](C(C)C)C(=O)O1. The van der Waals surface area contributed by atoms with Crippen molar-refractivity contribution in [1.82, 2.24) is 21.3 Å². The number of carbonyl (C=O) groups is 5. The zero-order chi connectivity index (χ0) is 28.1. The molecule has 0 spiro atoms. The second-order valence-corrected chi connectivity index (χ2v) is 11.9. The zero-order valence-electron chi connectivity index (χ0n) is 22.4. The van der Waals surface area contributed by atoms with Crippen LogP contribution in [-0.4, -0.2) is 65.3 Å². The molecule has 1 aliphatic rings. The van der Waals surface area contributed by atoms with Gasteiger partial charge in [-0.25, -0.2) is 4.79 Å². The lowest BCUT2D eigenvalue weighted by Crippen LogP contribution is -2.57. The molecule has 0 radical (unpaired) electrons. The molecule has 0 unspecified atom stereocenters. The summed E-state index contributed by atoms with van der Waals surface area (Å²) in [5, 5.41) is 10.6. The van der Waals surface area contributed by atoms with Gasteiger partial charge in [0, 0.05) is 11.5 Å². The molecule has 0 aliphatic carbocycles. The minimum Gasteiger partial charge on any atom is -0.456 e. The van der Waals surface area contributed by atoms with E-state index < -0.39 is 53.8 Å². The van der Waals surface area contributed by atoms with E-state index in [2.05, 4.69) is 27.8 Å². The molecular weight excluding hydrogens is 516 g/mol. The maximum absolute atomic E-state index is 13.2. The monoisotopic (exact) mass is 556 g/mol. The fraction of sp³-hybridized carbons (Fsp3) is 0.640. The lowest BCUT2D eigenvalue weighted by molar-refractivity contribution is -0.153. The highest BCUT2D eigenvalue weighted by Gasteiger charge is 2.33. The summed E-state index contributed by atoms with van der Waals surface area (Å²) in [6, 6.07) is -2.93. The van der Waals surface area contributed by atoms with Crippen LogP contribution in [0.3, 0.4) is 0 Å². The molecule has 0 aromatic carbocycles. The first-order chi connectivity index (χ1) is 17.4. The molecular formula is C25H40N4O6S2. The number of esters is 1. The Morgan fingerprint density at radius 3 is 2.16 bits per heavy atom. The minimum absolute atomic E-state index is 0.0602. The molecule has 1 aliphatic heterocycles. The van der Waals surface area contributed by atoms with Gasteiger partial charge in [0.05, 0.1) is 6.42 Å². The summed E-state index contributed by atoms with van der Waals surface area (Å²) in [4.78, 5) is 64.9. The molecule has 12 heteroatoms. The van der Waals surface area contributed by atoms with Crippen LogP contribution in [0.2, 0.25) is 0 Å². The maximum Gasteiger partial charge on any atom is 0.329 e. The van der Waals surface area contributed by atoms with Crippen molar-refractivity contribution in [3.05, 3.63) is 24.4 Å². The summed E-state index contributed by atoms with van der Waals surface area (Å²) < 4.78 is 5.44. The van der Waals surface area contributed by atoms with Gasteiger partial charge in [0.25, 0.3) is 5.91 Å². The van der Waals surface area contributed by atoms with Crippen LogP contribution in [0.25, 0.3) is 0 Å². The fourth-order valence-electron chi connectivity index (χ4n) is 3.25. The van der Waals surface area contributed by atoms with Gasteiger partial charge in [-0.15, -0.1) is 0 Å². The number of hydrogen-bond donors (Lipinski definition) is 4. The molecule has 208 valence electrons. The molecule has 4 atom stereocenters. The van der Waals surface area contributed by atoms with Gasteiger partial charge in [-0.2, -0.15) is 0 Å². The first kappa shape index (κ1) is 32.6. The van der Waals surface area contributed by atoms with E-state index in [0.29, 0.717) is 0 Å². The van der Waals surface area contributed by atoms with E-state index in [9.17, 15) is 24.0 Å². The van der Waals surface area contributed by atoms with Crippen molar-refractivity contribution in [3.8, 4) is 0 Å². The van der Waals surface area contributed by atoms with E-state index >= 15 is 0 Å². The van der Waals surface area contributed by atoms with E-state index in [4.69, 9.17) is 4.74 Å². The highest BCUT2D eigenvalue weighted by molar-refractivity contribution is 8.76. The van der Waals surface area contributed by atoms with Gasteiger partial charge in [-0.1, -0.05) is 74.9 Å². The third-order valence-corrected chi connectivity index (χ3v) is 8.04. The van der Waals surface area contributed by atoms with Crippen molar-refractivity contribution in [2.24, 2.45) is 11.8 Å². The van der Waals surface area contributed by atoms with Crippen LogP contribution < -0.4 is 21.3 Å². The van der Waals surface area contributed by atoms with Gasteiger partial charge < -0.3 is 26.0 Å². The van der Waals surface area contributed by atoms with Crippen molar-refractivity contribution in [2.75, 3.05) is 11.5 Å². The molecule has 0 aromatic rings. The van der Waals surface area contributed by atoms with Crippen molar-refractivity contribution >= 4 is 51.2 Å². The van der Waals surface area contributed by atoms with Crippen LogP contribution in [0, 0.1) is 11.8 Å².